The highest BCUT2D eigenvalue weighted by molar-refractivity contribution is 5.82. The Bertz CT molecular complexity index is 413. The van der Waals surface area contributed by atoms with E-state index in [9.17, 15) is 9.59 Å². The Morgan fingerprint density at radius 3 is 1.72 bits per heavy atom. The van der Waals surface area contributed by atoms with Gasteiger partial charge in [0.05, 0.1) is 26.4 Å². The minimum Gasteiger partial charge on any atom is -0.463 e. The Kier molecular flexibility index (Phi) is 10.8. The Morgan fingerprint density at radius 1 is 0.880 bits per heavy atom. The number of allylic oxidation sites excluding steroid dienone is 2. The zero-order valence-electron chi connectivity index (χ0n) is 15.3. The van der Waals surface area contributed by atoms with Gasteiger partial charge < -0.3 is 18.9 Å². The van der Waals surface area contributed by atoms with Crippen molar-refractivity contribution in [3.63, 3.8) is 0 Å². The number of hydrogen-bond donors (Lipinski definition) is 0. The molecule has 0 aromatic heterocycles. The van der Waals surface area contributed by atoms with Crippen LogP contribution in [0.2, 0.25) is 0 Å². The summed E-state index contributed by atoms with van der Waals surface area (Å²) in [5, 5.41) is 0. The Morgan fingerprint density at radius 2 is 1.32 bits per heavy atom. The Hall–Kier alpha value is -1.66. The lowest BCUT2D eigenvalue weighted by Crippen LogP contribution is -2.29. The molecule has 0 radical (unpaired) electrons. The van der Waals surface area contributed by atoms with Crippen molar-refractivity contribution in [1.82, 2.24) is 0 Å². The first-order valence-corrected chi connectivity index (χ1v) is 9.06. The van der Waals surface area contributed by atoms with Crippen molar-refractivity contribution in [3.8, 4) is 0 Å². The molecule has 1 aliphatic heterocycles. The highest BCUT2D eigenvalue weighted by Gasteiger charge is 2.34. The number of unbranched alkanes of at least 4 members (excludes halogenated alkanes) is 2. The smallest absolute Gasteiger partial charge is 0.330 e. The van der Waals surface area contributed by atoms with Gasteiger partial charge in [-0.3, -0.25) is 0 Å². The van der Waals surface area contributed by atoms with Crippen molar-refractivity contribution < 1.29 is 28.5 Å². The van der Waals surface area contributed by atoms with E-state index in [-0.39, 0.29) is 11.9 Å². The van der Waals surface area contributed by atoms with Crippen LogP contribution in [0.25, 0.3) is 0 Å². The van der Waals surface area contributed by atoms with E-state index >= 15 is 0 Å². The largest absolute Gasteiger partial charge is 0.463 e. The molecule has 25 heavy (non-hydrogen) atoms. The fourth-order valence-corrected chi connectivity index (χ4v) is 2.63. The van der Waals surface area contributed by atoms with Crippen LogP contribution in [0.3, 0.4) is 0 Å². The second-order valence-corrected chi connectivity index (χ2v) is 5.70. The van der Waals surface area contributed by atoms with Gasteiger partial charge in [0.1, 0.15) is 0 Å². The molecule has 0 atom stereocenters. The summed E-state index contributed by atoms with van der Waals surface area (Å²) in [4.78, 5) is 22.4. The molecule has 1 heterocycles. The Balaban J connectivity index is 2.27. The van der Waals surface area contributed by atoms with Gasteiger partial charge in [-0.1, -0.05) is 12.2 Å². The lowest BCUT2D eigenvalue weighted by molar-refractivity contribution is -0.168. The normalized spacial score (nSPS) is 16.6. The van der Waals surface area contributed by atoms with Crippen molar-refractivity contribution in [2.75, 3.05) is 26.4 Å². The molecule has 0 aromatic rings. The van der Waals surface area contributed by atoms with Gasteiger partial charge in [0.2, 0.25) is 0 Å². The average Bonchev–Trinajstić information content (AvgIpc) is 3.04. The van der Waals surface area contributed by atoms with Crippen molar-refractivity contribution in [3.05, 3.63) is 24.3 Å². The third-order valence-corrected chi connectivity index (χ3v) is 3.75. The Labute approximate surface area is 150 Å². The van der Waals surface area contributed by atoms with Gasteiger partial charge in [-0.15, -0.1) is 0 Å². The highest BCUT2D eigenvalue weighted by atomic mass is 16.7. The van der Waals surface area contributed by atoms with E-state index < -0.39 is 5.79 Å². The predicted molar refractivity (Wildman–Crippen MR) is 93.9 cm³/mol. The van der Waals surface area contributed by atoms with E-state index in [1.807, 2.05) is 12.2 Å². The van der Waals surface area contributed by atoms with Gasteiger partial charge in [0.15, 0.2) is 5.79 Å². The third-order valence-electron chi connectivity index (χ3n) is 3.75. The number of rotatable bonds is 12. The quantitative estimate of drug-likeness (QED) is 0.304. The van der Waals surface area contributed by atoms with E-state index in [0.717, 1.165) is 38.5 Å². The van der Waals surface area contributed by atoms with Gasteiger partial charge in [0, 0.05) is 25.0 Å². The van der Waals surface area contributed by atoms with Crippen LogP contribution in [0.5, 0.6) is 0 Å². The molecule has 0 saturated carbocycles. The fourth-order valence-electron chi connectivity index (χ4n) is 2.63. The molecule has 6 heteroatoms. The van der Waals surface area contributed by atoms with Crippen LogP contribution < -0.4 is 0 Å². The van der Waals surface area contributed by atoms with Crippen LogP contribution in [0.4, 0.5) is 0 Å². The first-order chi connectivity index (χ1) is 12.1. The van der Waals surface area contributed by atoms with E-state index in [2.05, 4.69) is 0 Å². The van der Waals surface area contributed by atoms with Crippen LogP contribution in [0.15, 0.2) is 24.3 Å². The van der Waals surface area contributed by atoms with Crippen LogP contribution in [-0.2, 0) is 28.5 Å². The second-order valence-electron chi connectivity index (χ2n) is 5.70. The van der Waals surface area contributed by atoms with E-state index in [1.54, 1.807) is 13.8 Å². The molecular weight excluding hydrogens is 324 g/mol. The van der Waals surface area contributed by atoms with Gasteiger partial charge in [-0.2, -0.15) is 0 Å². The first kappa shape index (κ1) is 21.4. The van der Waals surface area contributed by atoms with Gasteiger partial charge in [-0.05, 0) is 39.5 Å². The fraction of sp³-hybridized carbons (Fsp3) is 0.684. The molecule has 0 aliphatic carbocycles. The summed E-state index contributed by atoms with van der Waals surface area (Å²) in [7, 11) is 0. The maximum absolute atomic E-state index is 11.2. The molecule has 1 saturated heterocycles. The van der Waals surface area contributed by atoms with Crippen molar-refractivity contribution in [2.45, 2.75) is 58.2 Å². The summed E-state index contributed by atoms with van der Waals surface area (Å²) in [5.41, 5.74) is 0. The average molecular weight is 354 g/mol. The molecule has 0 spiro atoms. The maximum Gasteiger partial charge on any atom is 0.330 e. The van der Waals surface area contributed by atoms with Crippen LogP contribution >= 0.6 is 0 Å². The summed E-state index contributed by atoms with van der Waals surface area (Å²) < 4.78 is 21.3. The van der Waals surface area contributed by atoms with Crippen LogP contribution in [0, 0.1) is 0 Å². The summed E-state index contributed by atoms with van der Waals surface area (Å²) >= 11 is 0. The molecular formula is C19H30O6. The number of carbonyl (C=O) groups excluding carboxylic acids is 2. The van der Waals surface area contributed by atoms with E-state index in [4.69, 9.17) is 18.9 Å². The third kappa shape index (κ3) is 9.41. The molecule has 0 N–H and O–H groups in total. The zero-order chi connectivity index (χ0) is 18.4. The monoisotopic (exact) mass is 354 g/mol. The molecule has 1 rings (SSSR count). The van der Waals surface area contributed by atoms with E-state index in [0.29, 0.717) is 26.4 Å². The molecule has 0 bridgehead atoms. The van der Waals surface area contributed by atoms with Gasteiger partial charge >= 0.3 is 11.9 Å². The predicted octanol–water partition coefficient (Wildman–Crippen LogP) is 3.31. The first-order valence-electron chi connectivity index (χ1n) is 9.06. The summed E-state index contributed by atoms with van der Waals surface area (Å²) in [5.74, 6) is -1.15. The lowest BCUT2D eigenvalue weighted by atomic mass is 10.0. The van der Waals surface area contributed by atoms with Crippen LogP contribution in [0.1, 0.15) is 52.4 Å². The van der Waals surface area contributed by atoms with E-state index in [1.165, 1.54) is 12.2 Å². The van der Waals surface area contributed by atoms with Gasteiger partial charge in [0.25, 0.3) is 0 Å². The van der Waals surface area contributed by atoms with Crippen molar-refractivity contribution in [2.24, 2.45) is 0 Å². The van der Waals surface area contributed by atoms with Gasteiger partial charge in [-0.25, -0.2) is 9.59 Å². The zero-order valence-corrected chi connectivity index (χ0v) is 15.3. The minimum absolute atomic E-state index is 0.307. The maximum atomic E-state index is 11.2. The molecule has 6 nitrogen and oxygen atoms in total. The number of ether oxygens (including phenoxy) is 4. The number of carbonyl (C=O) groups is 2. The topological polar surface area (TPSA) is 71.1 Å². The number of esters is 2. The molecule has 1 aliphatic rings. The lowest BCUT2D eigenvalue weighted by Gasteiger charge is -2.27. The molecule has 0 unspecified atom stereocenters. The van der Waals surface area contributed by atoms with Crippen LogP contribution in [-0.4, -0.2) is 44.2 Å². The SMILES string of the molecule is CCOC(=O)/C=C/CCCC1(CCC/C=C/C(=O)OCC)OCCO1. The summed E-state index contributed by atoms with van der Waals surface area (Å²) in [6.45, 7) is 5.56. The number of hydrogen-bond acceptors (Lipinski definition) is 6. The molecule has 1 fully saturated rings. The molecule has 0 amide bonds. The standard InChI is InChI=1S/C19H30O6/c1-3-22-17(20)11-7-5-9-13-19(24-15-16-25-19)14-10-6-8-12-18(21)23-4-2/h7-8,11-12H,3-6,9-10,13-16H2,1-2H3/b11-7+,12-8+. The van der Waals surface area contributed by atoms with Crippen molar-refractivity contribution in [1.29, 1.82) is 0 Å². The molecule has 0 aromatic carbocycles. The second kappa shape index (κ2) is 12.7. The summed E-state index contributed by atoms with van der Waals surface area (Å²) in [6, 6.07) is 0. The molecule has 142 valence electrons. The minimum atomic E-state index is -0.532. The van der Waals surface area contributed by atoms with Crippen molar-refractivity contribution >= 4 is 11.9 Å². The highest BCUT2D eigenvalue weighted by Crippen LogP contribution is 2.31. The summed E-state index contributed by atoms with van der Waals surface area (Å²) in [6.07, 6.45) is 11.4.